The Kier molecular flexibility index (Phi) is 3.32. The minimum absolute atomic E-state index is 0.0110. The van der Waals surface area contributed by atoms with Crippen LogP contribution in [0.15, 0.2) is 24.4 Å². The molecule has 3 rings (SSSR count). The van der Waals surface area contributed by atoms with Gasteiger partial charge < -0.3 is 20.1 Å². The summed E-state index contributed by atoms with van der Waals surface area (Å²) in [6.07, 6.45) is 4.22. The van der Waals surface area contributed by atoms with E-state index in [1.54, 1.807) is 0 Å². The highest BCUT2D eigenvalue weighted by atomic mass is 16.4. The third-order valence-corrected chi connectivity index (χ3v) is 3.73. The highest BCUT2D eigenvalue weighted by Crippen LogP contribution is 2.33. The van der Waals surface area contributed by atoms with Crippen molar-refractivity contribution in [1.29, 1.82) is 0 Å². The second kappa shape index (κ2) is 5.18. The second-order valence-corrected chi connectivity index (χ2v) is 5.43. The summed E-state index contributed by atoms with van der Waals surface area (Å²) in [5, 5.41) is 20.8. The number of hydrogen-bond donors (Lipinski definition) is 3. The summed E-state index contributed by atoms with van der Waals surface area (Å²) in [5.41, 5.74) is 0.631. The summed E-state index contributed by atoms with van der Waals surface area (Å²) in [6.45, 7) is 0.836. The molecule has 1 aromatic heterocycles. The molecule has 22 heavy (non-hydrogen) atoms. The molecule has 7 heteroatoms. The van der Waals surface area contributed by atoms with Crippen molar-refractivity contribution in [3.63, 3.8) is 0 Å². The van der Waals surface area contributed by atoms with Crippen LogP contribution >= 0.6 is 0 Å². The Morgan fingerprint density at radius 3 is 2.55 bits per heavy atom. The normalized spacial score (nSPS) is 14.0. The van der Waals surface area contributed by atoms with Crippen LogP contribution in [0.3, 0.4) is 0 Å². The van der Waals surface area contributed by atoms with E-state index in [-0.39, 0.29) is 11.3 Å². The molecular weight excluding hydrogens is 288 g/mol. The Labute approximate surface area is 125 Å². The molecular formula is C15H14N2O5. The van der Waals surface area contributed by atoms with Crippen LogP contribution in [-0.2, 0) is 16.1 Å². The number of nitrogens with zero attached hydrogens (tertiary/aromatic N) is 1. The van der Waals surface area contributed by atoms with E-state index in [0.717, 1.165) is 17.4 Å². The fourth-order valence-electron chi connectivity index (χ4n) is 2.43. The molecule has 0 unspecified atom stereocenters. The van der Waals surface area contributed by atoms with Crippen molar-refractivity contribution >= 4 is 34.4 Å². The first-order valence-corrected chi connectivity index (χ1v) is 6.86. The standard InChI is InChI=1S/C15H14N2O5/c18-13(15(21)22)16-11-6-12-9(5-10(11)14(19)20)3-4-17(12)7-8-1-2-8/h3-6,8H,1-2,7H2,(H,16,18)(H,19,20)(H,21,22). The van der Waals surface area contributed by atoms with E-state index >= 15 is 0 Å². The number of carbonyl (C=O) groups is 3. The quantitative estimate of drug-likeness (QED) is 0.746. The molecule has 0 saturated heterocycles. The van der Waals surface area contributed by atoms with Crippen molar-refractivity contribution in [2.75, 3.05) is 5.32 Å². The first-order valence-electron chi connectivity index (χ1n) is 6.86. The predicted octanol–water partition coefficient (Wildman–Crippen LogP) is 1.77. The van der Waals surface area contributed by atoms with Gasteiger partial charge in [-0.3, -0.25) is 4.79 Å². The molecule has 1 aliphatic carbocycles. The fraction of sp³-hybridized carbons (Fsp3) is 0.267. The number of carboxylic acid groups (broad SMARTS) is 2. The van der Waals surface area contributed by atoms with Gasteiger partial charge in [-0.05, 0) is 37.0 Å². The molecule has 7 nitrogen and oxygen atoms in total. The van der Waals surface area contributed by atoms with Crippen molar-refractivity contribution in [2.45, 2.75) is 19.4 Å². The molecule has 114 valence electrons. The van der Waals surface area contributed by atoms with Crippen molar-refractivity contribution in [2.24, 2.45) is 5.92 Å². The topological polar surface area (TPSA) is 109 Å². The lowest BCUT2D eigenvalue weighted by Gasteiger charge is -2.10. The number of fused-ring (bicyclic) bond motifs is 1. The van der Waals surface area contributed by atoms with E-state index in [1.807, 2.05) is 16.8 Å². The zero-order chi connectivity index (χ0) is 15.9. The first-order chi connectivity index (χ1) is 10.5. The molecule has 0 aliphatic heterocycles. The van der Waals surface area contributed by atoms with Crippen LogP contribution < -0.4 is 5.32 Å². The van der Waals surface area contributed by atoms with Gasteiger partial charge in [-0.1, -0.05) is 0 Å². The number of nitrogens with one attached hydrogen (secondary N) is 1. The fourth-order valence-corrected chi connectivity index (χ4v) is 2.43. The lowest BCUT2D eigenvalue weighted by molar-refractivity contribution is -0.147. The summed E-state index contributed by atoms with van der Waals surface area (Å²) in [4.78, 5) is 33.3. The van der Waals surface area contributed by atoms with Crippen molar-refractivity contribution < 1.29 is 24.6 Å². The van der Waals surface area contributed by atoms with Gasteiger partial charge in [0.15, 0.2) is 0 Å². The van der Waals surface area contributed by atoms with Crippen LogP contribution in [0.4, 0.5) is 5.69 Å². The summed E-state index contributed by atoms with van der Waals surface area (Å²) in [7, 11) is 0. The predicted molar refractivity (Wildman–Crippen MR) is 77.9 cm³/mol. The van der Waals surface area contributed by atoms with Crippen molar-refractivity contribution in [1.82, 2.24) is 4.57 Å². The summed E-state index contributed by atoms with van der Waals surface area (Å²) in [5.74, 6) is -3.52. The van der Waals surface area contributed by atoms with E-state index in [1.165, 1.54) is 25.0 Å². The molecule has 1 amide bonds. The Morgan fingerprint density at radius 2 is 1.95 bits per heavy atom. The number of aromatic carboxylic acids is 1. The Morgan fingerprint density at radius 1 is 1.23 bits per heavy atom. The van der Waals surface area contributed by atoms with Gasteiger partial charge in [0.1, 0.15) is 0 Å². The average Bonchev–Trinajstić information content (AvgIpc) is 3.19. The van der Waals surface area contributed by atoms with Gasteiger partial charge in [-0.15, -0.1) is 0 Å². The number of aliphatic carboxylic acids is 1. The molecule has 0 spiro atoms. The van der Waals surface area contributed by atoms with Gasteiger partial charge in [0, 0.05) is 18.1 Å². The largest absolute Gasteiger partial charge is 0.478 e. The molecule has 2 aromatic rings. The van der Waals surface area contributed by atoms with Gasteiger partial charge >= 0.3 is 17.8 Å². The van der Waals surface area contributed by atoms with Crippen molar-refractivity contribution in [3.05, 3.63) is 30.0 Å². The van der Waals surface area contributed by atoms with Crippen LogP contribution in [0.25, 0.3) is 10.9 Å². The number of hydrogen-bond acceptors (Lipinski definition) is 3. The third kappa shape index (κ3) is 2.65. The van der Waals surface area contributed by atoms with Crippen LogP contribution in [0.5, 0.6) is 0 Å². The molecule has 1 saturated carbocycles. The molecule has 1 fully saturated rings. The summed E-state index contributed by atoms with van der Waals surface area (Å²) in [6, 6.07) is 4.77. The number of benzene rings is 1. The van der Waals surface area contributed by atoms with Gasteiger partial charge in [0.25, 0.3) is 0 Å². The highest BCUT2D eigenvalue weighted by molar-refractivity contribution is 6.37. The molecule has 3 N–H and O–H groups in total. The van der Waals surface area contributed by atoms with Gasteiger partial charge in [-0.2, -0.15) is 0 Å². The maximum atomic E-state index is 11.3. The monoisotopic (exact) mass is 302 g/mol. The van der Waals surface area contributed by atoms with Gasteiger partial charge in [-0.25, -0.2) is 9.59 Å². The van der Waals surface area contributed by atoms with Crippen LogP contribution in [0, 0.1) is 5.92 Å². The molecule has 0 atom stereocenters. The van der Waals surface area contributed by atoms with E-state index in [9.17, 15) is 19.5 Å². The lowest BCUT2D eigenvalue weighted by Crippen LogP contribution is -2.23. The Hall–Kier alpha value is -2.83. The van der Waals surface area contributed by atoms with E-state index in [0.29, 0.717) is 5.92 Å². The second-order valence-electron chi connectivity index (χ2n) is 5.43. The Bertz CT molecular complexity index is 789. The van der Waals surface area contributed by atoms with E-state index in [4.69, 9.17) is 5.11 Å². The number of rotatable bonds is 4. The van der Waals surface area contributed by atoms with E-state index < -0.39 is 17.8 Å². The molecule has 0 radical (unpaired) electrons. The molecule has 1 heterocycles. The molecule has 0 bridgehead atoms. The van der Waals surface area contributed by atoms with Crippen LogP contribution in [0.1, 0.15) is 23.2 Å². The maximum absolute atomic E-state index is 11.3. The summed E-state index contributed by atoms with van der Waals surface area (Å²) >= 11 is 0. The highest BCUT2D eigenvalue weighted by Gasteiger charge is 2.23. The van der Waals surface area contributed by atoms with Crippen LogP contribution in [0.2, 0.25) is 0 Å². The number of anilines is 1. The summed E-state index contributed by atoms with van der Waals surface area (Å²) < 4.78 is 2.00. The average molecular weight is 302 g/mol. The Balaban J connectivity index is 2.05. The number of aromatic nitrogens is 1. The number of amides is 1. The van der Waals surface area contributed by atoms with Gasteiger partial charge in [0.2, 0.25) is 0 Å². The maximum Gasteiger partial charge on any atom is 0.394 e. The molecule has 1 aromatic carbocycles. The van der Waals surface area contributed by atoms with Gasteiger partial charge in [0.05, 0.1) is 16.8 Å². The molecule has 1 aliphatic rings. The smallest absolute Gasteiger partial charge is 0.394 e. The minimum Gasteiger partial charge on any atom is -0.478 e. The minimum atomic E-state index is -1.66. The first kappa shape index (κ1) is 14.1. The zero-order valence-corrected chi connectivity index (χ0v) is 11.6. The van der Waals surface area contributed by atoms with Crippen LogP contribution in [-0.4, -0.2) is 32.6 Å². The SMILES string of the molecule is O=C(O)C(=O)Nc1cc2c(ccn2CC2CC2)cc1C(=O)O. The lowest BCUT2D eigenvalue weighted by atomic mass is 10.1. The third-order valence-electron chi connectivity index (χ3n) is 3.73. The number of carbonyl (C=O) groups excluding carboxylic acids is 1. The van der Waals surface area contributed by atoms with E-state index in [2.05, 4.69) is 5.32 Å². The van der Waals surface area contributed by atoms with Crippen molar-refractivity contribution in [3.8, 4) is 0 Å². The zero-order valence-electron chi connectivity index (χ0n) is 11.6. The number of carboxylic acids is 2.